The molecule has 86 valence electrons. The maximum Gasteiger partial charge on any atom is 0.0509 e. The fourth-order valence-electron chi connectivity index (χ4n) is 1.69. The van der Waals surface area contributed by atoms with E-state index in [1.165, 1.54) is 12.8 Å². The van der Waals surface area contributed by atoms with Crippen LogP contribution in [0.1, 0.15) is 61.3 Å². The Morgan fingerprint density at radius 3 is 1.64 bits per heavy atom. The maximum absolute atomic E-state index is 6.08. The van der Waals surface area contributed by atoms with Crippen LogP contribution in [0.5, 0.6) is 0 Å². The molecule has 1 nitrogen and oxygen atoms in total. The van der Waals surface area contributed by atoms with Crippen LogP contribution < -0.4 is 0 Å². The van der Waals surface area contributed by atoms with Crippen molar-refractivity contribution >= 4 is 8.15 Å². The van der Waals surface area contributed by atoms with Crippen molar-refractivity contribution in [2.24, 2.45) is 0 Å². The summed E-state index contributed by atoms with van der Waals surface area (Å²) in [4.78, 5) is 0. The van der Waals surface area contributed by atoms with Crippen molar-refractivity contribution in [3.8, 4) is 0 Å². The molecule has 0 atom stereocenters. The summed E-state index contributed by atoms with van der Waals surface area (Å²) in [5, 5.41) is 0.586. The Morgan fingerprint density at radius 2 is 1.36 bits per heavy atom. The van der Waals surface area contributed by atoms with Gasteiger partial charge in [-0.05, 0) is 6.42 Å². The molecule has 0 saturated heterocycles. The molecule has 0 aliphatic heterocycles. The molecule has 0 heterocycles. The molecule has 2 heteroatoms. The predicted octanol–water partition coefficient (Wildman–Crippen LogP) is 4.80. The smallest absolute Gasteiger partial charge is 0.0509 e. The molecule has 0 rings (SSSR count). The van der Waals surface area contributed by atoms with Crippen molar-refractivity contribution in [3.63, 3.8) is 0 Å². The first kappa shape index (κ1) is 14.4. The van der Waals surface area contributed by atoms with E-state index >= 15 is 0 Å². The van der Waals surface area contributed by atoms with Gasteiger partial charge in [0.1, 0.15) is 0 Å². The fourth-order valence-corrected chi connectivity index (χ4v) is 4.79. The van der Waals surface area contributed by atoms with Crippen LogP contribution in [0.4, 0.5) is 0 Å². The summed E-state index contributed by atoms with van der Waals surface area (Å²) < 4.78 is 6.08. The summed E-state index contributed by atoms with van der Waals surface area (Å²) in [6.07, 6.45) is 2.41. The molecule has 0 aromatic carbocycles. The number of unbranched alkanes of at least 4 members (excludes halogenated alkanes) is 1. The lowest BCUT2D eigenvalue weighted by molar-refractivity contribution is 0.319. The third kappa shape index (κ3) is 5.32. The lowest BCUT2D eigenvalue weighted by Gasteiger charge is -2.40. The van der Waals surface area contributed by atoms with E-state index in [9.17, 15) is 0 Å². The SMILES string of the molecule is CCCCOP(C(C)(C)C)C(C)(C)C. The van der Waals surface area contributed by atoms with Crippen LogP contribution in [-0.2, 0) is 4.52 Å². The number of rotatable bonds is 4. The molecular weight excluding hydrogens is 191 g/mol. The minimum atomic E-state index is -0.354. The first-order chi connectivity index (χ1) is 6.19. The molecule has 0 bridgehead atoms. The zero-order chi connectivity index (χ0) is 11.4. The Bertz CT molecular complexity index is 139. The van der Waals surface area contributed by atoms with Crippen LogP contribution in [-0.4, -0.2) is 16.9 Å². The maximum atomic E-state index is 6.08. The highest BCUT2D eigenvalue weighted by atomic mass is 31.1. The Kier molecular flexibility index (Phi) is 5.62. The van der Waals surface area contributed by atoms with Crippen LogP contribution in [0, 0.1) is 0 Å². The summed E-state index contributed by atoms with van der Waals surface area (Å²) in [5.74, 6) is 0. The quantitative estimate of drug-likeness (QED) is 0.486. The van der Waals surface area contributed by atoms with E-state index in [1.807, 2.05) is 0 Å². The molecule has 0 radical (unpaired) electrons. The van der Waals surface area contributed by atoms with Crippen LogP contribution in [0.2, 0.25) is 0 Å². The third-order valence-corrected chi connectivity index (χ3v) is 4.81. The Morgan fingerprint density at radius 1 is 0.929 bits per heavy atom. The van der Waals surface area contributed by atoms with Gasteiger partial charge in [0, 0.05) is 18.5 Å². The monoisotopic (exact) mass is 218 g/mol. The highest BCUT2D eigenvalue weighted by Gasteiger charge is 2.35. The minimum absolute atomic E-state index is 0.293. The van der Waals surface area contributed by atoms with E-state index in [4.69, 9.17) is 4.52 Å². The Balaban J connectivity index is 4.28. The molecule has 0 saturated carbocycles. The summed E-state index contributed by atoms with van der Waals surface area (Å²) in [7, 11) is -0.354. The average Bonchev–Trinajstić information content (AvgIpc) is 1.92. The van der Waals surface area contributed by atoms with Gasteiger partial charge in [0.2, 0.25) is 0 Å². The largest absolute Gasteiger partial charge is 0.358 e. The van der Waals surface area contributed by atoms with Crippen molar-refractivity contribution in [2.45, 2.75) is 71.6 Å². The van der Waals surface area contributed by atoms with Gasteiger partial charge in [-0.1, -0.05) is 54.9 Å². The van der Waals surface area contributed by atoms with E-state index < -0.39 is 0 Å². The lowest BCUT2D eigenvalue weighted by Crippen LogP contribution is -2.26. The van der Waals surface area contributed by atoms with E-state index in [0.29, 0.717) is 10.3 Å². The zero-order valence-corrected chi connectivity index (χ0v) is 11.9. The topological polar surface area (TPSA) is 9.23 Å². The second-order valence-electron chi connectivity index (χ2n) is 5.82. The molecule has 0 aromatic rings. The summed E-state index contributed by atoms with van der Waals surface area (Å²) in [5.41, 5.74) is 0. The van der Waals surface area contributed by atoms with E-state index in [1.54, 1.807) is 0 Å². The van der Waals surface area contributed by atoms with E-state index in [2.05, 4.69) is 48.5 Å². The number of hydrogen-bond donors (Lipinski definition) is 0. The van der Waals surface area contributed by atoms with Crippen molar-refractivity contribution in [1.29, 1.82) is 0 Å². The van der Waals surface area contributed by atoms with Gasteiger partial charge >= 0.3 is 0 Å². The summed E-state index contributed by atoms with van der Waals surface area (Å²) in [6.45, 7) is 16.9. The van der Waals surface area contributed by atoms with Crippen molar-refractivity contribution in [2.75, 3.05) is 6.61 Å². The van der Waals surface area contributed by atoms with Crippen LogP contribution >= 0.6 is 8.15 Å². The van der Waals surface area contributed by atoms with Gasteiger partial charge in [0.25, 0.3) is 0 Å². The van der Waals surface area contributed by atoms with Crippen LogP contribution in [0.25, 0.3) is 0 Å². The second kappa shape index (κ2) is 5.47. The molecule has 0 aliphatic carbocycles. The molecule has 0 aliphatic rings. The molecule has 0 unspecified atom stereocenters. The molecule has 14 heavy (non-hydrogen) atoms. The van der Waals surface area contributed by atoms with Gasteiger partial charge in [-0.25, -0.2) is 0 Å². The standard InChI is InChI=1S/C12H27OP/c1-8-9-10-13-14(11(2,3)4)12(5,6)7/h8-10H2,1-7H3. The predicted molar refractivity (Wildman–Crippen MR) is 67.3 cm³/mol. The molecule has 0 amide bonds. The lowest BCUT2D eigenvalue weighted by atomic mass is 10.2. The second-order valence-corrected chi connectivity index (χ2v) is 9.35. The Labute approximate surface area is 91.5 Å². The Hall–Kier alpha value is 0.390. The fraction of sp³-hybridized carbons (Fsp3) is 1.00. The molecule has 0 fully saturated rings. The van der Waals surface area contributed by atoms with Crippen molar-refractivity contribution in [1.82, 2.24) is 0 Å². The van der Waals surface area contributed by atoms with Gasteiger partial charge in [0.15, 0.2) is 0 Å². The van der Waals surface area contributed by atoms with E-state index in [-0.39, 0.29) is 8.15 Å². The summed E-state index contributed by atoms with van der Waals surface area (Å²) >= 11 is 0. The number of hydrogen-bond acceptors (Lipinski definition) is 1. The highest BCUT2D eigenvalue weighted by Crippen LogP contribution is 2.59. The third-order valence-electron chi connectivity index (χ3n) is 1.94. The van der Waals surface area contributed by atoms with Gasteiger partial charge < -0.3 is 4.52 Å². The average molecular weight is 218 g/mol. The molecule has 0 spiro atoms. The van der Waals surface area contributed by atoms with Gasteiger partial charge in [-0.3, -0.25) is 0 Å². The van der Waals surface area contributed by atoms with Crippen molar-refractivity contribution < 1.29 is 4.52 Å². The summed E-state index contributed by atoms with van der Waals surface area (Å²) in [6, 6.07) is 0. The first-order valence-corrected chi connectivity index (χ1v) is 6.89. The zero-order valence-electron chi connectivity index (χ0n) is 11.0. The first-order valence-electron chi connectivity index (χ1n) is 5.63. The highest BCUT2D eigenvalue weighted by molar-refractivity contribution is 7.55. The normalized spacial score (nSPS) is 13.7. The molecule has 0 aromatic heterocycles. The van der Waals surface area contributed by atoms with Gasteiger partial charge in [0.05, 0.1) is 6.61 Å². The van der Waals surface area contributed by atoms with Crippen LogP contribution in [0.15, 0.2) is 0 Å². The van der Waals surface area contributed by atoms with Gasteiger partial charge in [-0.15, -0.1) is 0 Å². The molecular formula is C12H27OP. The van der Waals surface area contributed by atoms with Crippen LogP contribution in [0.3, 0.4) is 0 Å². The molecule has 0 N–H and O–H groups in total. The van der Waals surface area contributed by atoms with Crippen molar-refractivity contribution in [3.05, 3.63) is 0 Å². The van der Waals surface area contributed by atoms with Gasteiger partial charge in [-0.2, -0.15) is 0 Å². The minimum Gasteiger partial charge on any atom is -0.358 e. The van der Waals surface area contributed by atoms with E-state index in [0.717, 1.165) is 6.61 Å².